The fraction of sp³-hybridized carbons (Fsp3) is 0.500. The van der Waals surface area contributed by atoms with Gasteiger partial charge in [-0.15, -0.1) is 0 Å². The van der Waals surface area contributed by atoms with Gasteiger partial charge in [-0.05, 0) is 36.4 Å². The summed E-state index contributed by atoms with van der Waals surface area (Å²) in [5.74, 6) is 0.853. The van der Waals surface area contributed by atoms with Crippen molar-refractivity contribution in [2.24, 2.45) is 11.7 Å². The van der Waals surface area contributed by atoms with Gasteiger partial charge < -0.3 is 24.7 Å². The number of nitrogens with zero attached hydrogens (tertiary/aromatic N) is 4. The molecule has 1 aliphatic heterocycles. The molecule has 1 aromatic carbocycles. The highest BCUT2D eigenvalue weighted by Gasteiger charge is 2.29. The Kier molecular flexibility index (Phi) is 8.20. The molecule has 0 saturated carbocycles. The van der Waals surface area contributed by atoms with E-state index < -0.39 is 8.07 Å². The largest absolute Gasteiger partial charge is 0.445 e. The van der Waals surface area contributed by atoms with E-state index in [9.17, 15) is 4.79 Å². The number of carbonyl (C=O) groups is 1. The van der Waals surface area contributed by atoms with Crippen molar-refractivity contribution in [3.05, 3.63) is 60.2 Å². The number of aromatic nitrogens is 3. The number of amides is 1. The molecule has 188 valence electrons. The lowest BCUT2D eigenvalue weighted by Crippen LogP contribution is -2.41. The maximum Gasteiger partial charge on any atom is 0.410 e. The van der Waals surface area contributed by atoms with Crippen molar-refractivity contribution in [1.29, 1.82) is 0 Å². The molecule has 4 rings (SSSR count). The number of benzene rings is 1. The Morgan fingerprint density at radius 1 is 1.17 bits per heavy atom. The lowest BCUT2D eigenvalue weighted by Gasteiger charge is -2.33. The maximum atomic E-state index is 12.5. The monoisotopic (exact) mass is 495 g/mol. The first-order chi connectivity index (χ1) is 16.8. The number of carbonyl (C=O) groups excluding carboxylic acids is 1. The van der Waals surface area contributed by atoms with E-state index in [0.29, 0.717) is 25.6 Å². The summed E-state index contributed by atoms with van der Waals surface area (Å²) >= 11 is 0. The molecule has 3 aromatic rings. The van der Waals surface area contributed by atoms with E-state index in [1.54, 1.807) is 4.90 Å². The summed E-state index contributed by atoms with van der Waals surface area (Å²) in [6, 6.07) is 12.6. The lowest BCUT2D eigenvalue weighted by molar-refractivity contribution is 0.0794. The summed E-state index contributed by atoms with van der Waals surface area (Å²) in [7, 11) is -1.12. The number of hydrogen-bond acceptors (Lipinski definition) is 6. The molecule has 1 amide bonds. The zero-order valence-electron chi connectivity index (χ0n) is 21.0. The first-order valence-electron chi connectivity index (χ1n) is 12.4. The second kappa shape index (κ2) is 11.3. The molecular weight excluding hydrogens is 458 g/mol. The molecular formula is C26H37N5O3Si. The van der Waals surface area contributed by atoms with Gasteiger partial charge in [-0.1, -0.05) is 50.0 Å². The van der Waals surface area contributed by atoms with Crippen molar-refractivity contribution >= 4 is 25.2 Å². The summed E-state index contributed by atoms with van der Waals surface area (Å²) in [6.45, 7) is 9.81. The van der Waals surface area contributed by atoms with Crippen LogP contribution in [-0.4, -0.2) is 53.3 Å². The van der Waals surface area contributed by atoms with Crippen molar-refractivity contribution in [3.8, 4) is 0 Å². The third kappa shape index (κ3) is 6.90. The van der Waals surface area contributed by atoms with Crippen LogP contribution in [0.25, 0.3) is 11.0 Å². The summed E-state index contributed by atoms with van der Waals surface area (Å²) in [6.07, 6.45) is 5.15. The fourth-order valence-corrected chi connectivity index (χ4v) is 5.01. The Morgan fingerprint density at radius 3 is 2.63 bits per heavy atom. The second-order valence-electron chi connectivity index (χ2n) is 10.5. The van der Waals surface area contributed by atoms with Gasteiger partial charge in [-0.2, -0.15) is 0 Å². The molecule has 1 aliphatic rings. The van der Waals surface area contributed by atoms with E-state index in [2.05, 4.69) is 24.6 Å². The first kappa shape index (κ1) is 25.3. The average Bonchev–Trinajstić information content (AvgIpc) is 3.27. The van der Waals surface area contributed by atoms with Crippen LogP contribution in [0.15, 0.2) is 48.8 Å². The minimum absolute atomic E-state index is 0.210. The van der Waals surface area contributed by atoms with Gasteiger partial charge in [0, 0.05) is 45.6 Å². The SMILES string of the molecule is C[Si](C)(C)CCOCn1ccc2cnc(C(N)C3CCN(C(=O)OCc4ccccc4)CC3)nc21. The number of nitrogens with two attached hydrogens (primary N) is 1. The highest BCUT2D eigenvalue weighted by atomic mass is 28.3. The van der Waals surface area contributed by atoms with Crippen LogP contribution in [0.5, 0.6) is 0 Å². The van der Waals surface area contributed by atoms with Gasteiger partial charge in [0.1, 0.15) is 24.8 Å². The normalized spacial score (nSPS) is 15.9. The van der Waals surface area contributed by atoms with Crippen LogP contribution < -0.4 is 5.73 Å². The second-order valence-corrected chi connectivity index (χ2v) is 16.2. The zero-order chi connectivity index (χ0) is 24.8. The van der Waals surface area contributed by atoms with Gasteiger partial charge in [0.25, 0.3) is 0 Å². The summed E-state index contributed by atoms with van der Waals surface area (Å²) in [5.41, 5.74) is 8.44. The highest BCUT2D eigenvalue weighted by Crippen LogP contribution is 2.28. The van der Waals surface area contributed by atoms with Crippen LogP contribution in [-0.2, 0) is 22.8 Å². The van der Waals surface area contributed by atoms with Crippen LogP contribution in [0.3, 0.4) is 0 Å². The summed E-state index contributed by atoms with van der Waals surface area (Å²) < 4.78 is 13.4. The average molecular weight is 496 g/mol. The molecule has 9 heteroatoms. The van der Waals surface area contributed by atoms with Gasteiger partial charge in [-0.25, -0.2) is 14.8 Å². The number of hydrogen-bond donors (Lipinski definition) is 1. The zero-order valence-corrected chi connectivity index (χ0v) is 22.0. The molecule has 1 atom stereocenters. The number of ether oxygens (including phenoxy) is 2. The van der Waals surface area contributed by atoms with Gasteiger partial charge >= 0.3 is 6.09 Å². The first-order valence-corrected chi connectivity index (χ1v) is 16.1. The Morgan fingerprint density at radius 2 is 1.91 bits per heavy atom. The molecule has 35 heavy (non-hydrogen) atoms. The summed E-state index contributed by atoms with van der Waals surface area (Å²) in [4.78, 5) is 23.6. The molecule has 1 unspecified atom stereocenters. The molecule has 0 spiro atoms. The molecule has 1 saturated heterocycles. The van der Waals surface area contributed by atoms with Crippen LogP contribution in [0.2, 0.25) is 25.7 Å². The van der Waals surface area contributed by atoms with E-state index in [0.717, 1.165) is 42.1 Å². The fourth-order valence-electron chi connectivity index (χ4n) is 4.25. The Labute approximate surface area is 208 Å². The van der Waals surface area contributed by atoms with Gasteiger partial charge in [-0.3, -0.25) is 0 Å². The van der Waals surface area contributed by atoms with Gasteiger partial charge in [0.05, 0.1) is 6.04 Å². The smallest absolute Gasteiger partial charge is 0.410 e. The summed E-state index contributed by atoms with van der Waals surface area (Å²) in [5, 5.41) is 0.978. The van der Waals surface area contributed by atoms with Gasteiger partial charge in [0.2, 0.25) is 0 Å². The predicted molar refractivity (Wildman–Crippen MR) is 139 cm³/mol. The Balaban J connectivity index is 1.30. The minimum Gasteiger partial charge on any atom is -0.445 e. The molecule has 1 fully saturated rings. The molecule has 8 nitrogen and oxygen atoms in total. The predicted octanol–water partition coefficient (Wildman–Crippen LogP) is 4.79. The molecule has 2 aromatic heterocycles. The number of fused-ring (bicyclic) bond motifs is 1. The van der Waals surface area contributed by atoms with Crippen LogP contribution >= 0.6 is 0 Å². The van der Waals surface area contributed by atoms with Gasteiger partial charge in [0.15, 0.2) is 0 Å². The highest BCUT2D eigenvalue weighted by molar-refractivity contribution is 6.76. The van der Waals surface area contributed by atoms with E-state index in [1.165, 1.54) is 0 Å². The van der Waals surface area contributed by atoms with Crippen molar-refractivity contribution in [3.63, 3.8) is 0 Å². The van der Waals surface area contributed by atoms with E-state index >= 15 is 0 Å². The van der Waals surface area contributed by atoms with Crippen LogP contribution in [0.1, 0.15) is 30.3 Å². The van der Waals surface area contributed by atoms with Crippen molar-refractivity contribution in [2.45, 2.75) is 57.9 Å². The van der Waals surface area contributed by atoms with Crippen molar-refractivity contribution in [1.82, 2.24) is 19.4 Å². The van der Waals surface area contributed by atoms with Crippen LogP contribution in [0.4, 0.5) is 4.79 Å². The minimum atomic E-state index is -1.12. The lowest BCUT2D eigenvalue weighted by atomic mass is 9.89. The van der Waals surface area contributed by atoms with E-state index in [1.807, 2.05) is 53.4 Å². The topological polar surface area (TPSA) is 95.5 Å². The van der Waals surface area contributed by atoms with E-state index in [-0.39, 0.29) is 24.7 Å². The maximum absolute atomic E-state index is 12.5. The van der Waals surface area contributed by atoms with Crippen molar-refractivity contribution < 1.29 is 14.3 Å². The third-order valence-electron chi connectivity index (χ3n) is 6.56. The third-order valence-corrected chi connectivity index (χ3v) is 8.26. The molecule has 0 bridgehead atoms. The molecule has 0 aliphatic carbocycles. The molecule has 0 radical (unpaired) electrons. The standard InChI is InChI=1S/C26H37N5O3Si/c1-35(2,3)16-15-33-19-31-14-11-22-17-28-24(29-25(22)31)23(27)21-9-12-30(13-10-21)26(32)34-18-20-7-5-4-6-8-20/h4-8,11,14,17,21,23H,9-10,12-13,15-16,18-19,27H2,1-3H3. The van der Waals surface area contributed by atoms with E-state index in [4.69, 9.17) is 20.2 Å². The Bertz CT molecular complexity index is 1110. The number of rotatable bonds is 9. The molecule has 2 N–H and O–H groups in total. The quantitative estimate of drug-likeness (QED) is 0.339. The van der Waals surface area contributed by atoms with Crippen LogP contribution in [0, 0.1) is 5.92 Å². The molecule has 3 heterocycles. The number of likely N-dealkylation sites (tertiary alicyclic amines) is 1. The Hall–Kier alpha value is -2.75. The van der Waals surface area contributed by atoms with Crippen molar-refractivity contribution in [2.75, 3.05) is 19.7 Å². The number of piperidine rings is 1.